The molecule has 1 aromatic rings. The first kappa shape index (κ1) is 30.6. The smallest absolute Gasteiger partial charge is 0.203 e. The number of aliphatic hydroxyl groups is 3. The SMILES string of the molecule is CO/C=C(/C)c1cc(C(C)(C)C)c(O)c2c1C[C@]1(C)C[C@]3(C)C(C(C)C)C(=O)C(C(C)=O)=C(O)[C@]3(O)C(=O)C1=C2O. The summed E-state index contributed by atoms with van der Waals surface area (Å²) in [6.07, 6.45) is 1.81. The van der Waals surface area contributed by atoms with Crippen molar-refractivity contribution < 1.29 is 39.5 Å². The van der Waals surface area contributed by atoms with E-state index in [2.05, 4.69) is 0 Å². The first-order valence-electron chi connectivity index (χ1n) is 14.0. The van der Waals surface area contributed by atoms with Crippen molar-refractivity contribution in [2.75, 3.05) is 7.11 Å². The number of ether oxygens (including phenoxy) is 1. The molecule has 1 fully saturated rings. The van der Waals surface area contributed by atoms with Crippen molar-refractivity contribution >= 4 is 28.7 Å². The van der Waals surface area contributed by atoms with Gasteiger partial charge in [-0.2, -0.15) is 0 Å². The lowest BCUT2D eigenvalue weighted by atomic mass is 9.43. The number of phenols is 1. The summed E-state index contributed by atoms with van der Waals surface area (Å²) in [4.78, 5) is 40.7. The molecule has 1 unspecified atom stereocenters. The Morgan fingerprint density at radius 2 is 1.71 bits per heavy atom. The van der Waals surface area contributed by atoms with Gasteiger partial charge in [0.05, 0.1) is 18.9 Å². The second-order valence-electron chi connectivity index (χ2n) is 13.9. The minimum absolute atomic E-state index is 0.0408. The van der Waals surface area contributed by atoms with Gasteiger partial charge in [0.15, 0.2) is 17.2 Å². The fourth-order valence-corrected chi connectivity index (χ4v) is 7.95. The van der Waals surface area contributed by atoms with Gasteiger partial charge in [-0.3, -0.25) is 14.4 Å². The third-order valence-corrected chi connectivity index (χ3v) is 9.53. The van der Waals surface area contributed by atoms with E-state index in [1.165, 1.54) is 7.11 Å². The van der Waals surface area contributed by atoms with Gasteiger partial charge < -0.3 is 25.2 Å². The van der Waals surface area contributed by atoms with Gasteiger partial charge in [0.25, 0.3) is 0 Å². The van der Waals surface area contributed by atoms with Gasteiger partial charge in [-0.05, 0) is 60.8 Å². The Labute approximate surface area is 241 Å². The number of hydrogen-bond acceptors (Lipinski definition) is 8. The van der Waals surface area contributed by atoms with Crippen molar-refractivity contribution in [1.29, 1.82) is 0 Å². The monoisotopic (exact) mass is 566 g/mol. The van der Waals surface area contributed by atoms with Crippen molar-refractivity contribution in [2.45, 2.75) is 86.2 Å². The van der Waals surface area contributed by atoms with E-state index in [0.717, 1.165) is 18.1 Å². The molecule has 0 heterocycles. The Morgan fingerprint density at radius 3 is 2.20 bits per heavy atom. The van der Waals surface area contributed by atoms with E-state index in [9.17, 15) is 34.8 Å². The predicted molar refractivity (Wildman–Crippen MR) is 155 cm³/mol. The zero-order chi connectivity index (χ0) is 31.2. The highest BCUT2D eigenvalue weighted by Crippen LogP contribution is 2.65. The van der Waals surface area contributed by atoms with Crippen molar-refractivity contribution in [3.05, 3.63) is 51.5 Å². The third kappa shape index (κ3) is 3.93. The Morgan fingerprint density at radius 1 is 1.12 bits per heavy atom. The molecule has 0 aromatic heterocycles. The molecule has 222 valence electrons. The molecule has 8 nitrogen and oxygen atoms in total. The van der Waals surface area contributed by atoms with Crippen LogP contribution in [0.2, 0.25) is 0 Å². The molecule has 4 atom stereocenters. The molecule has 0 radical (unpaired) electrons. The van der Waals surface area contributed by atoms with Crippen LogP contribution in [0.25, 0.3) is 11.3 Å². The maximum atomic E-state index is 14.5. The fourth-order valence-electron chi connectivity index (χ4n) is 7.95. The Kier molecular flexibility index (Phi) is 6.94. The first-order chi connectivity index (χ1) is 18.7. The van der Waals surface area contributed by atoms with E-state index in [1.54, 1.807) is 34.0 Å². The molecule has 4 N–H and O–H groups in total. The van der Waals surface area contributed by atoms with Crippen LogP contribution in [0.5, 0.6) is 5.75 Å². The molecular weight excluding hydrogens is 524 g/mol. The van der Waals surface area contributed by atoms with Crippen molar-refractivity contribution in [2.24, 2.45) is 22.7 Å². The summed E-state index contributed by atoms with van der Waals surface area (Å²) in [5, 5.41) is 47.0. The number of phenolic OH excluding ortho intramolecular Hbond substituents is 1. The Balaban J connectivity index is 2.15. The predicted octanol–water partition coefficient (Wildman–Crippen LogP) is 5.49. The van der Waals surface area contributed by atoms with E-state index in [-0.39, 0.29) is 35.6 Å². The van der Waals surface area contributed by atoms with Crippen LogP contribution in [-0.2, 0) is 31.0 Å². The summed E-state index contributed by atoms with van der Waals surface area (Å²) in [6, 6.07) is 1.87. The van der Waals surface area contributed by atoms with Gasteiger partial charge in [0.1, 0.15) is 22.8 Å². The highest BCUT2D eigenvalue weighted by atomic mass is 16.5. The molecule has 8 heteroatoms. The quantitative estimate of drug-likeness (QED) is 0.277. The van der Waals surface area contributed by atoms with Crippen LogP contribution >= 0.6 is 0 Å². The van der Waals surface area contributed by atoms with E-state index in [1.807, 2.05) is 33.8 Å². The highest BCUT2D eigenvalue weighted by molar-refractivity contribution is 6.24. The number of aliphatic hydroxyl groups excluding tert-OH is 2. The minimum Gasteiger partial charge on any atom is -0.508 e. The average Bonchev–Trinajstić information content (AvgIpc) is 2.80. The zero-order valence-electron chi connectivity index (χ0n) is 25.6. The van der Waals surface area contributed by atoms with Crippen LogP contribution in [0.4, 0.5) is 0 Å². The van der Waals surface area contributed by atoms with E-state index in [4.69, 9.17) is 4.74 Å². The molecule has 0 bridgehead atoms. The molecule has 0 saturated heterocycles. The van der Waals surface area contributed by atoms with E-state index in [0.29, 0.717) is 11.1 Å². The van der Waals surface area contributed by atoms with Gasteiger partial charge in [-0.15, -0.1) is 0 Å². The second-order valence-corrected chi connectivity index (χ2v) is 13.9. The van der Waals surface area contributed by atoms with Gasteiger partial charge in [-0.1, -0.05) is 48.5 Å². The molecule has 41 heavy (non-hydrogen) atoms. The number of carbonyl (C=O) groups is 3. The number of fused-ring (bicyclic) bond motifs is 3. The molecule has 0 aliphatic heterocycles. The molecule has 0 spiro atoms. The number of Topliss-reactive ketones (excluding diaryl/α,β-unsaturated/α-hetero) is 3. The number of benzene rings is 1. The average molecular weight is 567 g/mol. The number of rotatable bonds is 4. The van der Waals surface area contributed by atoms with Crippen LogP contribution in [0.3, 0.4) is 0 Å². The number of methoxy groups -OCH3 is 1. The summed E-state index contributed by atoms with van der Waals surface area (Å²) < 4.78 is 5.29. The molecule has 3 aliphatic carbocycles. The number of carbonyl (C=O) groups excluding carboxylic acids is 3. The summed E-state index contributed by atoms with van der Waals surface area (Å²) in [6.45, 7) is 15.7. The normalized spacial score (nSPS) is 30.3. The molecule has 1 saturated carbocycles. The van der Waals surface area contributed by atoms with Crippen molar-refractivity contribution in [3.63, 3.8) is 0 Å². The zero-order valence-corrected chi connectivity index (χ0v) is 25.6. The molecule has 4 rings (SSSR count). The minimum atomic E-state index is -2.64. The van der Waals surface area contributed by atoms with Gasteiger partial charge >= 0.3 is 0 Å². The number of ketones is 3. The number of aromatic hydroxyl groups is 1. The maximum Gasteiger partial charge on any atom is 0.203 e. The number of allylic oxidation sites excluding steroid dienone is 2. The molecular formula is C33H42O8. The van der Waals surface area contributed by atoms with Crippen LogP contribution in [0.15, 0.2) is 29.2 Å². The van der Waals surface area contributed by atoms with Gasteiger partial charge in [0.2, 0.25) is 5.78 Å². The summed E-state index contributed by atoms with van der Waals surface area (Å²) in [7, 11) is 1.53. The molecule has 0 amide bonds. The lowest BCUT2D eigenvalue weighted by Gasteiger charge is -2.59. The lowest BCUT2D eigenvalue weighted by molar-refractivity contribution is -0.178. The van der Waals surface area contributed by atoms with Crippen molar-refractivity contribution in [1.82, 2.24) is 0 Å². The van der Waals surface area contributed by atoms with E-state index < -0.39 is 62.2 Å². The van der Waals surface area contributed by atoms with Crippen LogP contribution in [-0.4, -0.2) is 50.5 Å². The van der Waals surface area contributed by atoms with Gasteiger partial charge in [-0.25, -0.2) is 0 Å². The third-order valence-electron chi connectivity index (χ3n) is 9.53. The Bertz CT molecular complexity index is 1480. The first-order valence-corrected chi connectivity index (χ1v) is 14.0. The highest BCUT2D eigenvalue weighted by Gasteiger charge is 2.72. The largest absolute Gasteiger partial charge is 0.508 e. The molecule has 1 aromatic carbocycles. The van der Waals surface area contributed by atoms with Crippen LogP contribution < -0.4 is 0 Å². The number of hydrogen-bond donors (Lipinski definition) is 4. The van der Waals surface area contributed by atoms with Crippen LogP contribution in [0.1, 0.15) is 91.0 Å². The van der Waals surface area contributed by atoms with Gasteiger partial charge in [0, 0.05) is 27.9 Å². The topological polar surface area (TPSA) is 141 Å². The Hall–Kier alpha value is -3.39. The molecule has 3 aliphatic rings. The standard InChI is InChI=1S/C33H42O8/c1-15(2)23-26(36)21(17(4)34)28(38)33(40)29(39)24-27(37)22-19(12-31(24,8)14-32(23,33)9)18(16(3)13-41-10)11-20(25(22)35)30(5,6)7/h11,13,15,23,35,37-38,40H,12,14H2,1-10H3/b16-13-/t23?,31-,32-,33+/m1/s1. The van der Waals surface area contributed by atoms with Crippen LogP contribution in [0, 0.1) is 22.7 Å². The summed E-state index contributed by atoms with van der Waals surface area (Å²) >= 11 is 0. The van der Waals surface area contributed by atoms with E-state index >= 15 is 0 Å². The fraction of sp³-hybridized carbons (Fsp3) is 0.545. The van der Waals surface area contributed by atoms with Crippen molar-refractivity contribution in [3.8, 4) is 5.75 Å². The lowest BCUT2D eigenvalue weighted by Crippen LogP contribution is -2.69. The summed E-state index contributed by atoms with van der Waals surface area (Å²) in [5.41, 5.74) is -3.76. The summed E-state index contributed by atoms with van der Waals surface area (Å²) in [5.74, 6) is -5.30. The maximum absolute atomic E-state index is 14.5. The second kappa shape index (κ2) is 9.31.